The van der Waals surface area contributed by atoms with Crippen molar-refractivity contribution in [2.75, 3.05) is 6.54 Å². The van der Waals surface area contributed by atoms with E-state index >= 15 is 0 Å². The summed E-state index contributed by atoms with van der Waals surface area (Å²) >= 11 is 1.63. The first-order valence-corrected chi connectivity index (χ1v) is 6.51. The van der Waals surface area contributed by atoms with E-state index in [1.54, 1.807) is 11.3 Å². The molecule has 4 heteroatoms. The van der Waals surface area contributed by atoms with E-state index in [9.17, 15) is 5.11 Å². The second-order valence-corrected chi connectivity index (χ2v) is 6.22. The second-order valence-electron chi connectivity index (χ2n) is 5.33. The second kappa shape index (κ2) is 4.82. The lowest BCUT2D eigenvalue weighted by Gasteiger charge is -2.33. The quantitative estimate of drug-likeness (QED) is 0.833. The van der Waals surface area contributed by atoms with Crippen LogP contribution in [0.2, 0.25) is 0 Å². The van der Waals surface area contributed by atoms with Crippen LogP contribution in [-0.2, 0) is 5.54 Å². The van der Waals surface area contributed by atoms with Gasteiger partial charge in [0, 0.05) is 18.1 Å². The molecule has 0 fully saturated rings. The van der Waals surface area contributed by atoms with Crippen LogP contribution < -0.4 is 5.32 Å². The van der Waals surface area contributed by atoms with E-state index in [1.807, 2.05) is 32.3 Å². The van der Waals surface area contributed by atoms with Crippen molar-refractivity contribution in [3.05, 3.63) is 16.6 Å². The van der Waals surface area contributed by atoms with Crippen LogP contribution in [0.5, 0.6) is 0 Å². The van der Waals surface area contributed by atoms with E-state index in [0.29, 0.717) is 6.54 Å². The Kier molecular flexibility index (Phi) is 4.10. The van der Waals surface area contributed by atoms with Crippen LogP contribution >= 0.6 is 11.3 Å². The van der Waals surface area contributed by atoms with Crippen LogP contribution in [-0.4, -0.2) is 22.2 Å². The molecule has 92 valence electrons. The molecule has 1 atom stereocenters. The number of thiazole rings is 1. The average molecular weight is 242 g/mol. The first kappa shape index (κ1) is 13.6. The lowest BCUT2D eigenvalue weighted by molar-refractivity contribution is 0.00802. The Morgan fingerprint density at radius 1 is 1.44 bits per heavy atom. The molecule has 1 aromatic rings. The van der Waals surface area contributed by atoms with Gasteiger partial charge in [-0.1, -0.05) is 13.8 Å². The molecule has 1 rings (SSSR count). The summed E-state index contributed by atoms with van der Waals surface area (Å²) in [5.74, 6) is 0.229. The van der Waals surface area contributed by atoms with Crippen molar-refractivity contribution in [2.45, 2.75) is 45.8 Å². The van der Waals surface area contributed by atoms with Crippen molar-refractivity contribution in [3.8, 4) is 0 Å². The van der Waals surface area contributed by atoms with Gasteiger partial charge in [-0.3, -0.25) is 0 Å². The van der Waals surface area contributed by atoms with Gasteiger partial charge in [0.1, 0.15) is 5.01 Å². The highest BCUT2D eigenvalue weighted by atomic mass is 32.1. The molecule has 0 saturated heterocycles. The highest BCUT2D eigenvalue weighted by Gasteiger charge is 2.30. The van der Waals surface area contributed by atoms with Gasteiger partial charge in [-0.05, 0) is 26.7 Å². The van der Waals surface area contributed by atoms with Gasteiger partial charge in [0.15, 0.2) is 0 Å². The lowest BCUT2D eigenvalue weighted by Crippen LogP contribution is -2.48. The van der Waals surface area contributed by atoms with E-state index in [0.717, 1.165) is 5.01 Å². The number of hydrogen-bond acceptors (Lipinski definition) is 4. The van der Waals surface area contributed by atoms with Crippen LogP contribution in [0.1, 0.15) is 39.6 Å². The lowest BCUT2D eigenvalue weighted by atomic mass is 9.91. The van der Waals surface area contributed by atoms with Gasteiger partial charge in [0.2, 0.25) is 0 Å². The molecule has 0 radical (unpaired) electrons. The zero-order valence-electron chi connectivity index (χ0n) is 10.7. The Balaban J connectivity index is 2.62. The third-order valence-corrected chi connectivity index (χ3v) is 4.20. The number of nitrogens with one attached hydrogen (secondary N) is 1. The van der Waals surface area contributed by atoms with Crippen LogP contribution in [0.3, 0.4) is 0 Å². The van der Waals surface area contributed by atoms with E-state index in [2.05, 4.69) is 24.1 Å². The van der Waals surface area contributed by atoms with Crippen molar-refractivity contribution >= 4 is 11.3 Å². The molecule has 0 aliphatic carbocycles. The fourth-order valence-electron chi connectivity index (χ4n) is 1.21. The highest BCUT2D eigenvalue weighted by Crippen LogP contribution is 2.23. The smallest absolute Gasteiger partial charge is 0.112 e. The Bertz CT molecular complexity index is 318. The zero-order chi connectivity index (χ0) is 12.4. The summed E-state index contributed by atoms with van der Waals surface area (Å²) in [6.45, 7) is 10.7. The third-order valence-electron chi connectivity index (χ3n) is 3.10. The molecular weight excluding hydrogens is 220 g/mol. The number of aliphatic hydroxyl groups is 1. The van der Waals surface area contributed by atoms with Gasteiger partial charge >= 0.3 is 0 Å². The summed E-state index contributed by atoms with van der Waals surface area (Å²) in [6, 6.07) is 0. The van der Waals surface area contributed by atoms with E-state index in [1.165, 1.54) is 0 Å². The number of rotatable bonds is 5. The van der Waals surface area contributed by atoms with E-state index in [-0.39, 0.29) is 11.5 Å². The molecular formula is C12H22N2OS. The summed E-state index contributed by atoms with van der Waals surface area (Å²) in [6.07, 6.45) is 1.81. The summed E-state index contributed by atoms with van der Waals surface area (Å²) < 4.78 is 0. The standard InChI is InChI=1S/C12H22N2OS/c1-9(2)12(5,15)8-14-11(3,4)10-13-6-7-16-10/h6-7,9,14-15H,8H2,1-5H3. The molecule has 16 heavy (non-hydrogen) atoms. The van der Waals surface area contributed by atoms with Crippen molar-refractivity contribution in [3.63, 3.8) is 0 Å². The molecule has 0 spiro atoms. The SMILES string of the molecule is CC(C)C(C)(O)CNC(C)(C)c1nccs1. The van der Waals surface area contributed by atoms with Crippen molar-refractivity contribution < 1.29 is 5.11 Å². The van der Waals surface area contributed by atoms with Crippen molar-refractivity contribution in [1.29, 1.82) is 0 Å². The summed E-state index contributed by atoms with van der Waals surface area (Å²) in [5, 5.41) is 16.6. The van der Waals surface area contributed by atoms with Gasteiger partial charge in [-0.2, -0.15) is 0 Å². The predicted molar refractivity (Wildman–Crippen MR) is 68.6 cm³/mol. The van der Waals surface area contributed by atoms with Gasteiger partial charge < -0.3 is 10.4 Å². The predicted octanol–water partition coefficient (Wildman–Crippen LogP) is 2.37. The summed E-state index contributed by atoms with van der Waals surface area (Å²) in [4.78, 5) is 4.31. The maximum absolute atomic E-state index is 10.2. The minimum atomic E-state index is -0.686. The largest absolute Gasteiger partial charge is 0.389 e. The van der Waals surface area contributed by atoms with Gasteiger partial charge in [-0.15, -0.1) is 11.3 Å². The topological polar surface area (TPSA) is 45.1 Å². The van der Waals surface area contributed by atoms with E-state index < -0.39 is 5.60 Å². The Morgan fingerprint density at radius 2 is 2.06 bits per heavy atom. The molecule has 1 aromatic heterocycles. The van der Waals surface area contributed by atoms with Gasteiger partial charge in [0.25, 0.3) is 0 Å². The van der Waals surface area contributed by atoms with Crippen molar-refractivity contribution in [2.24, 2.45) is 5.92 Å². The van der Waals surface area contributed by atoms with Crippen molar-refractivity contribution in [1.82, 2.24) is 10.3 Å². The maximum Gasteiger partial charge on any atom is 0.112 e. The molecule has 0 aromatic carbocycles. The fourth-order valence-corrected chi connectivity index (χ4v) is 1.95. The molecule has 1 unspecified atom stereocenters. The molecule has 2 N–H and O–H groups in total. The van der Waals surface area contributed by atoms with Crippen LogP contribution in [0.4, 0.5) is 0 Å². The molecule has 0 amide bonds. The zero-order valence-corrected chi connectivity index (χ0v) is 11.6. The third kappa shape index (κ3) is 3.27. The number of aromatic nitrogens is 1. The number of hydrogen-bond donors (Lipinski definition) is 2. The van der Waals surface area contributed by atoms with E-state index in [4.69, 9.17) is 0 Å². The molecule has 0 aliphatic rings. The Hall–Kier alpha value is -0.450. The van der Waals surface area contributed by atoms with Gasteiger partial charge in [-0.25, -0.2) is 4.98 Å². The molecule has 0 bridgehead atoms. The van der Waals surface area contributed by atoms with Gasteiger partial charge in [0.05, 0.1) is 11.1 Å². The van der Waals surface area contributed by atoms with Crippen LogP contribution in [0.15, 0.2) is 11.6 Å². The molecule has 0 saturated carbocycles. The fraction of sp³-hybridized carbons (Fsp3) is 0.750. The molecule has 0 aliphatic heterocycles. The van der Waals surface area contributed by atoms with Crippen LogP contribution in [0, 0.1) is 5.92 Å². The highest BCUT2D eigenvalue weighted by molar-refractivity contribution is 7.09. The molecule has 1 heterocycles. The minimum absolute atomic E-state index is 0.187. The average Bonchev–Trinajstić information content (AvgIpc) is 2.68. The number of nitrogens with zero attached hydrogens (tertiary/aromatic N) is 1. The normalized spacial score (nSPS) is 16.4. The minimum Gasteiger partial charge on any atom is -0.389 e. The summed E-state index contributed by atoms with van der Waals surface area (Å²) in [7, 11) is 0. The Morgan fingerprint density at radius 3 is 2.50 bits per heavy atom. The monoisotopic (exact) mass is 242 g/mol. The van der Waals surface area contributed by atoms with Crippen LogP contribution in [0.25, 0.3) is 0 Å². The Labute approximate surface area is 102 Å². The maximum atomic E-state index is 10.2. The summed E-state index contributed by atoms with van der Waals surface area (Å²) in [5.41, 5.74) is -0.873. The molecule has 3 nitrogen and oxygen atoms in total. The first-order chi connectivity index (χ1) is 7.26. The first-order valence-electron chi connectivity index (χ1n) is 5.63.